The average Bonchev–Trinajstić information content (AvgIpc) is 2.46. The largest absolute Gasteiger partial charge is 0.299 e. The molecule has 0 spiro atoms. The van der Waals surface area contributed by atoms with Crippen molar-refractivity contribution in [2.75, 3.05) is 11.5 Å². The second kappa shape index (κ2) is 6.68. The number of carbonyl (C=O) groups excluding carboxylic acids is 1. The van der Waals surface area contributed by atoms with E-state index in [1.165, 1.54) is 50.7 Å². The van der Waals surface area contributed by atoms with Crippen molar-refractivity contribution in [3.05, 3.63) is 12.2 Å². The lowest BCUT2D eigenvalue weighted by molar-refractivity contribution is -0.114. The summed E-state index contributed by atoms with van der Waals surface area (Å²) in [4.78, 5) is 11.2. The predicted molar refractivity (Wildman–Crippen MR) is 86.9 cm³/mol. The molecule has 0 N–H and O–H groups in total. The number of Topliss-reactive ketones (excluding diaryl/α,β-unsaturated/α-hetero) is 1. The van der Waals surface area contributed by atoms with Gasteiger partial charge in [0.1, 0.15) is 5.78 Å². The number of allylic oxidation sites excluding steroid dienone is 2. The number of carbonyl (C=O) groups is 1. The van der Waals surface area contributed by atoms with Crippen molar-refractivity contribution in [1.29, 1.82) is 0 Å². The molecule has 2 saturated carbocycles. The molecule has 3 aliphatic rings. The summed E-state index contributed by atoms with van der Waals surface area (Å²) < 4.78 is 0. The first-order valence-electron chi connectivity index (χ1n) is 8.48. The minimum atomic E-state index is 0.339. The van der Waals surface area contributed by atoms with Gasteiger partial charge in [-0.1, -0.05) is 31.4 Å². The summed E-state index contributed by atoms with van der Waals surface area (Å²) in [6.45, 7) is 1.73. The third-order valence-corrected chi connectivity index (χ3v) is 7.14. The topological polar surface area (TPSA) is 17.1 Å². The van der Waals surface area contributed by atoms with Gasteiger partial charge in [0.25, 0.3) is 0 Å². The Kier molecular flexibility index (Phi) is 4.91. The summed E-state index contributed by atoms with van der Waals surface area (Å²) in [5.41, 5.74) is 0. The lowest BCUT2D eigenvalue weighted by Gasteiger charge is -2.50. The van der Waals surface area contributed by atoms with E-state index in [1.54, 1.807) is 6.92 Å². The van der Waals surface area contributed by atoms with Crippen LogP contribution < -0.4 is 0 Å². The molecule has 0 heterocycles. The van der Waals surface area contributed by atoms with Crippen LogP contribution in [0.4, 0.5) is 0 Å². The zero-order chi connectivity index (χ0) is 13.9. The van der Waals surface area contributed by atoms with Gasteiger partial charge in [-0.15, -0.1) is 0 Å². The molecule has 1 nitrogen and oxygen atoms in total. The number of hydrogen-bond donors (Lipinski definition) is 0. The molecule has 0 aliphatic heterocycles. The molecule has 0 saturated heterocycles. The summed E-state index contributed by atoms with van der Waals surface area (Å²) in [5, 5.41) is 0. The maximum Gasteiger partial charge on any atom is 0.139 e. The standard InChI is InChI=1S/C18H28OS/c1-13(19)11-20-12-18-16-8-4-2-6-14(16)10-15-7-3-5-9-17(15)18/h2,4,14-18H,3,5-12H2,1H3. The first kappa shape index (κ1) is 14.7. The molecule has 5 unspecified atom stereocenters. The third kappa shape index (κ3) is 3.16. The van der Waals surface area contributed by atoms with Gasteiger partial charge in [-0.25, -0.2) is 0 Å². The Morgan fingerprint density at radius 1 is 1.10 bits per heavy atom. The molecule has 0 radical (unpaired) electrons. The quantitative estimate of drug-likeness (QED) is 0.698. The van der Waals surface area contributed by atoms with Gasteiger partial charge in [-0.05, 0) is 67.9 Å². The highest BCUT2D eigenvalue weighted by Gasteiger charge is 2.44. The van der Waals surface area contributed by atoms with Crippen LogP contribution in [0.2, 0.25) is 0 Å². The Morgan fingerprint density at radius 3 is 2.75 bits per heavy atom. The normalized spacial score (nSPS) is 40.0. The van der Waals surface area contributed by atoms with Gasteiger partial charge < -0.3 is 0 Å². The van der Waals surface area contributed by atoms with Crippen LogP contribution in [-0.2, 0) is 4.79 Å². The Balaban J connectivity index is 1.70. The molecule has 0 aromatic heterocycles. The molecule has 0 bridgehead atoms. The Hall–Kier alpha value is -0.240. The molecule has 3 rings (SSSR count). The zero-order valence-corrected chi connectivity index (χ0v) is 13.5. The maximum absolute atomic E-state index is 11.2. The van der Waals surface area contributed by atoms with E-state index in [0.717, 1.165) is 35.3 Å². The summed E-state index contributed by atoms with van der Waals surface area (Å²) >= 11 is 1.91. The zero-order valence-electron chi connectivity index (χ0n) is 12.7. The molecule has 0 amide bonds. The van der Waals surface area contributed by atoms with Crippen LogP contribution in [-0.4, -0.2) is 17.3 Å². The van der Waals surface area contributed by atoms with Crippen molar-refractivity contribution in [3.63, 3.8) is 0 Å². The van der Waals surface area contributed by atoms with Crippen LogP contribution in [0, 0.1) is 29.6 Å². The van der Waals surface area contributed by atoms with Gasteiger partial charge in [0.05, 0.1) is 5.75 Å². The molecule has 0 aromatic carbocycles. The SMILES string of the molecule is CC(=O)CSCC1C2CC=CCC2CC2CCCCC21. The van der Waals surface area contributed by atoms with E-state index in [4.69, 9.17) is 0 Å². The molecular formula is C18H28OS. The van der Waals surface area contributed by atoms with E-state index in [2.05, 4.69) is 12.2 Å². The third-order valence-electron chi connectivity index (χ3n) is 5.91. The smallest absolute Gasteiger partial charge is 0.139 e. The summed E-state index contributed by atoms with van der Waals surface area (Å²) in [5.74, 6) is 7.01. The van der Waals surface area contributed by atoms with Crippen LogP contribution in [0.3, 0.4) is 0 Å². The number of thioether (sulfide) groups is 1. The molecule has 0 aromatic rings. The average molecular weight is 292 g/mol. The number of fused-ring (bicyclic) bond motifs is 2. The van der Waals surface area contributed by atoms with Crippen molar-refractivity contribution in [2.45, 2.75) is 51.9 Å². The van der Waals surface area contributed by atoms with Gasteiger partial charge in [0.15, 0.2) is 0 Å². The van der Waals surface area contributed by atoms with Crippen LogP contribution in [0.25, 0.3) is 0 Å². The van der Waals surface area contributed by atoms with Crippen molar-refractivity contribution in [2.24, 2.45) is 29.6 Å². The van der Waals surface area contributed by atoms with E-state index < -0.39 is 0 Å². The number of rotatable bonds is 4. The molecular weight excluding hydrogens is 264 g/mol. The molecule has 3 aliphatic carbocycles. The Bertz CT molecular complexity index is 376. The first-order chi connectivity index (χ1) is 9.75. The lowest BCUT2D eigenvalue weighted by Crippen LogP contribution is -2.43. The molecule has 2 fully saturated rings. The highest BCUT2D eigenvalue weighted by atomic mass is 32.2. The van der Waals surface area contributed by atoms with Gasteiger partial charge in [-0.2, -0.15) is 11.8 Å². The lowest BCUT2D eigenvalue weighted by atomic mass is 9.56. The van der Waals surface area contributed by atoms with Crippen LogP contribution in [0.5, 0.6) is 0 Å². The van der Waals surface area contributed by atoms with Gasteiger partial charge in [0.2, 0.25) is 0 Å². The van der Waals surface area contributed by atoms with Crippen molar-refractivity contribution >= 4 is 17.5 Å². The van der Waals surface area contributed by atoms with Crippen molar-refractivity contribution in [3.8, 4) is 0 Å². The second-order valence-corrected chi connectivity index (χ2v) is 8.22. The molecule has 20 heavy (non-hydrogen) atoms. The fourth-order valence-electron chi connectivity index (χ4n) is 5.07. The Morgan fingerprint density at radius 2 is 1.90 bits per heavy atom. The molecule has 112 valence electrons. The van der Waals surface area contributed by atoms with Gasteiger partial charge in [-0.3, -0.25) is 4.79 Å². The summed E-state index contributed by atoms with van der Waals surface area (Å²) in [6, 6.07) is 0. The van der Waals surface area contributed by atoms with E-state index >= 15 is 0 Å². The van der Waals surface area contributed by atoms with Crippen LogP contribution in [0.1, 0.15) is 51.9 Å². The van der Waals surface area contributed by atoms with Crippen LogP contribution >= 0.6 is 11.8 Å². The van der Waals surface area contributed by atoms with Gasteiger partial charge in [0, 0.05) is 0 Å². The fraction of sp³-hybridized carbons (Fsp3) is 0.833. The molecule has 5 atom stereocenters. The van der Waals surface area contributed by atoms with E-state index in [0.29, 0.717) is 5.78 Å². The van der Waals surface area contributed by atoms with E-state index in [9.17, 15) is 4.79 Å². The monoisotopic (exact) mass is 292 g/mol. The minimum Gasteiger partial charge on any atom is -0.299 e. The summed E-state index contributed by atoms with van der Waals surface area (Å²) in [7, 11) is 0. The predicted octanol–water partition coefficient (Wildman–Crippen LogP) is 4.72. The van der Waals surface area contributed by atoms with Crippen LogP contribution in [0.15, 0.2) is 12.2 Å². The minimum absolute atomic E-state index is 0.339. The van der Waals surface area contributed by atoms with Gasteiger partial charge >= 0.3 is 0 Å². The van der Waals surface area contributed by atoms with E-state index in [1.807, 2.05) is 11.8 Å². The fourth-order valence-corrected chi connectivity index (χ4v) is 6.24. The Labute approximate surface area is 128 Å². The highest BCUT2D eigenvalue weighted by Crippen LogP contribution is 2.52. The number of hydrogen-bond acceptors (Lipinski definition) is 2. The summed E-state index contributed by atoms with van der Waals surface area (Å²) in [6.07, 6.45) is 14.8. The molecule has 2 heteroatoms. The van der Waals surface area contributed by atoms with E-state index in [-0.39, 0.29) is 0 Å². The van der Waals surface area contributed by atoms with Crippen molar-refractivity contribution in [1.82, 2.24) is 0 Å². The highest BCUT2D eigenvalue weighted by molar-refractivity contribution is 7.99. The maximum atomic E-state index is 11.2. The second-order valence-electron chi connectivity index (χ2n) is 7.19. The van der Waals surface area contributed by atoms with Crippen molar-refractivity contribution < 1.29 is 4.79 Å². The first-order valence-corrected chi connectivity index (χ1v) is 9.63. The number of ketones is 1.